The molecule has 4 nitrogen and oxygen atoms in total. The number of rotatable bonds is 13. The first-order chi connectivity index (χ1) is 12.6. The lowest BCUT2D eigenvalue weighted by molar-refractivity contribution is 0.0246. The van der Waals surface area contributed by atoms with Crippen molar-refractivity contribution in [3.05, 3.63) is 35.4 Å². The van der Waals surface area contributed by atoms with Gasteiger partial charge in [0.15, 0.2) is 0 Å². The van der Waals surface area contributed by atoms with Crippen LogP contribution in [-0.2, 0) is 9.47 Å². The molecule has 1 rings (SSSR count). The molecule has 26 heavy (non-hydrogen) atoms. The molecule has 0 fully saturated rings. The molecule has 0 aliphatic rings. The maximum Gasteiger partial charge on any atom is 0.339 e. The molecule has 0 aliphatic carbocycles. The van der Waals surface area contributed by atoms with E-state index in [-0.39, 0.29) is 6.10 Å². The van der Waals surface area contributed by atoms with Crippen LogP contribution in [-0.4, -0.2) is 24.6 Å². The van der Waals surface area contributed by atoms with Gasteiger partial charge in [-0.2, -0.15) is 0 Å². The first-order valence-electron chi connectivity index (χ1n) is 10.1. The Morgan fingerprint density at radius 2 is 1.46 bits per heavy atom. The van der Waals surface area contributed by atoms with Gasteiger partial charge in [0.1, 0.15) is 6.10 Å². The number of benzene rings is 1. The number of esters is 2. The van der Waals surface area contributed by atoms with Crippen molar-refractivity contribution >= 4 is 11.9 Å². The molecule has 0 spiro atoms. The van der Waals surface area contributed by atoms with E-state index in [1.54, 1.807) is 24.3 Å². The minimum absolute atomic E-state index is 0.0921. The normalized spacial score (nSPS) is 11.8. The van der Waals surface area contributed by atoms with E-state index in [0.29, 0.717) is 17.7 Å². The van der Waals surface area contributed by atoms with E-state index in [4.69, 9.17) is 9.47 Å². The van der Waals surface area contributed by atoms with Crippen LogP contribution in [0.25, 0.3) is 0 Å². The molecule has 146 valence electrons. The quantitative estimate of drug-likeness (QED) is 0.322. The van der Waals surface area contributed by atoms with Crippen molar-refractivity contribution in [1.29, 1.82) is 0 Å². The topological polar surface area (TPSA) is 52.6 Å². The van der Waals surface area contributed by atoms with Gasteiger partial charge in [-0.1, -0.05) is 71.4 Å². The Hall–Kier alpha value is -1.84. The summed E-state index contributed by atoms with van der Waals surface area (Å²) in [7, 11) is 0. The van der Waals surface area contributed by atoms with E-state index < -0.39 is 11.9 Å². The third-order valence-corrected chi connectivity index (χ3v) is 4.36. The Balaban J connectivity index is 2.70. The zero-order valence-corrected chi connectivity index (χ0v) is 16.6. The standard InChI is InChI=1S/C22H34O4/c1-4-7-9-12-17-25-21(23)19-15-10-11-16-20(19)22(24)26-18(13-6-3)14-8-5-2/h10-11,15-16,18H,4-9,12-14,17H2,1-3H3. The molecule has 0 heterocycles. The van der Waals surface area contributed by atoms with E-state index in [9.17, 15) is 9.59 Å². The molecule has 0 radical (unpaired) electrons. The van der Waals surface area contributed by atoms with Gasteiger partial charge >= 0.3 is 11.9 Å². The van der Waals surface area contributed by atoms with Crippen molar-refractivity contribution in [3.8, 4) is 0 Å². The number of hydrogen-bond donors (Lipinski definition) is 0. The minimum atomic E-state index is -0.449. The first kappa shape index (κ1) is 22.2. The summed E-state index contributed by atoms with van der Waals surface area (Å²) in [4.78, 5) is 25.0. The predicted molar refractivity (Wildman–Crippen MR) is 105 cm³/mol. The summed E-state index contributed by atoms with van der Waals surface area (Å²) in [6.45, 7) is 6.73. The van der Waals surface area contributed by atoms with E-state index in [1.165, 1.54) is 0 Å². The summed E-state index contributed by atoms with van der Waals surface area (Å²) in [6.07, 6.45) is 8.84. The second-order valence-corrected chi connectivity index (χ2v) is 6.70. The van der Waals surface area contributed by atoms with Crippen LogP contribution in [0, 0.1) is 0 Å². The smallest absolute Gasteiger partial charge is 0.339 e. The third kappa shape index (κ3) is 8.03. The lowest BCUT2D eigenvalue weighted by atomic mass is 10.1. The summed E-state index contributed by atoms with van der Waals surface area (Å²) >= 11 is 0. The van der Waals surface area contributed by atoms with Crippen LogP contribution in [0.1, 0.15) is 99.3 Å². The van der Waals surface area contributed by atoms with Crippen LogP contribution >= 0.6 is 0 Å². The van der Waals surface area contributed by atoms with Gasteiger partial charge in [0, 0.05) is 0 Å². The van der Waals surface area contributed by atoms with Crippen LogP contribution in [0.4, 0.5) is 0 Å². The maximum absolute atomic E-state index is 12.6. The van der Waals surface area contributed by atoms with Crippen molar-refractivity contribution in [2.75, 3.05) is 6.61 Å². The van der Waals surface area contributed by atoms with E-state index >= 15 is 0 Å². The van der Waals surface area contributed by atoms with Crippen LogP contribution in [0.2, 0.25) is 0 Å². The molecular formula is C22H34O4. The van der Waals surface area contributed by atoms with E-state index in [2.05, 4.69) is 20.8 Å². The molecule has 0 aliphatic heterocycles. The Morgan fingerprint density at radius 1 is 0.808 bits per heavy atom. The predicted octanol–water partition coefficient (Wildman–Crippen LogP) is 5.94. The molecular weight excluding hydrogens is 328 g/mol. The Morgan fingerprint density at radius 3 is 2.08 bits per heavy atom. The molecule has 0 saturated carbocycles. The number of carbonyl (C=O) groups excluding carboxylic acids is 2. The largest absolute Gasteiger partial charge is 0.462 e. The van der Waals surface area contributed by atoms with Gasteiger partial charge in [0.05, 0.1) is 17.7 Å². The van der Waals surface area contributed by atoms with Crippen LogP contribution in [0.5, 0.6) is 0 Å². The fourth-order valence-corrected chi connectivity index (χ4v) is 2.84. The average Bonchev–Trinajstić information content (AvgIpc) is 2.65. The average molecular weight is 363 g/mol. The number of carbonyl (C=O) groups is 2. The van der Waals surface area contributed by atoms with Crippen molar-refractivity contribution < 1.29 is 19.1 Å². The SMILES string of the molecule is CCCCCCOC(=O)c1ccccc1C(=O)OC(CCC)CCCC. The first-order valence-corrected chi connectivity index (χ1v) is 10.1. The van der Waals surface area contributed by atoms with Crippen molar-refractivity contribution in [2.24, 2.45) is 0 Å². The molecule has 0 N–H and O–H groups in total. The van der Waals surface area contributed by atoms with Gasteiger partial charge < -0.3 is 9.47 Å². The van der Waals surface area contributed by atoms with E-state index in [0.717, 1.165) is 57.8 Å². The fraction of sp³-hybridized carbons (Fsp3) is 0.636. The zero-order chi connectivity index (χ0) is 19.2. The highest BCUT2D eigenvalue weighted by molar-refractivity contribution is 6.03. The van der Waals surface area contributed by atoms with Gasteiger partial charge in [-0.05, 0) is 31.4 Å². The van der Waals surface area contributed by atoms with Crippen LogP contribution in [0.3, 0.4) is 0 Å². The highest BCUT2D eigenvalue weighted by Gasteiger charge is 2.21. The zero-order valence-electron chi connectivity index (χ0n) is 16.6. The summed E-state index contributed by atoms with van der Waals surface area (Å²) in [5.74, 6) is -0.882. The molecule has 0 saturated heterocycles. The summed E-state index contributed by atoms with van der Waals surface area (Å²) in [6, 6.07) is 6.76. The monoisotopic (exact) mass is 362 g/mol. The Labute approximate surface area is 158 Å². The van der Waals surface area contributed by atoms with Gasteiger partial charge in [0.2, 0.25) is 0 Å². The van der Waals surface area contributed by atoms with Gasteiger partial charge in [-0.15, -0.1) is 0 Å². The molecule has 1 unspecified atom stereocenters. The van der Waals surface area contributed by atoms with Crippen molar-refractivity contribution in [1.82, 2.24) is 0 Å². The number of unbranched alkanes of at least 4 members (excludes halogenated alkanes) is 4. The van der Waals surface area contributed by atoms with Gasteiger partial charge in [0.25, 0.3) is 0 Å². The molecule has 0 aromatic heterocycles. The molecule has 1 aromatic carbocycles. The summed E-state index contributed by atoms with van der Waals surface area (Å²) in [5.41, 5.74) is 0.586. The summed E-state index contributed by atoms with van der Waals surface area (Å²) < 4.78 is 11.0. The highest BCUT2D eigenvalue weighted by Crippen LogP contribution is 2.17. The lowest BCUT2D eigenvalue weighted by Crippen LogP contribution is -2.21. The lowest BCUT2D eigenvalue weighted by Gasteiger charge is -2.18. The van der Waals surface area contributed by atoms with Crippen LogP contribution < -0.4 is 0 Å². The Kier molecular flexibility index (Phi) is 11.4. The van der Waals surface area contributed by atoms with Crippen LogP contribution in [0.15, 0.2) is 24.3 Å². The van der Waals surface area contributed by atoms with Gasteiger partial charge in [-0.3, -0.25) is 0 Å². The second-order valence-electron chi connectivity index (χ2n) is 6.70. The molecule has 1 atom stereocenters. The molecule has 1 aromatic rings. The highest BCUT2D eigenvalue weighted by atomic mass is 16.5. The summed E-state index contributed by atoms with van der Waals surface area (Å²) in [5, 5.41) is 0. The van der Waals surface area contributed by atoms with E-state index in [1.807, 2.05) is 0 Å². The fourth-order valence-electron chi connectivity index (χ4n) is 2.84. The third-order valence-electron chi connectivity index (χ3n) is 4.36. The molecule has 0 bridgehead atoms. The van der Waals surface area contributed by atoms with Crippen molar-refractivity contribution in [2.45, 2.75) is 84.7 Å². The minimum Gasteiger partial charge on any atom is -0.462 e. The molecule has 4 heteroatoms. The molecule has 0 amide bonds. The number of hydrogen-bond acceptors (Lipinski definition) is 4. The van der Waals surface area contributed by atoms with Gasteiger partial charge in [-0.25, -0.2) is 9.59 Å². The van der Waals surface area contributed by atoms with Crippen molar-refractivity contribution in [3.63, 3.8) is 0 Å². The maximum atomic E-state index is 12.6. The number of ether oxygens (including phenoxy) is 2. The second kappa shape index (κ2) is 13.4. The Bertz CT molecular complexity index is 539.